The van der Waals surface area contributed by atoms with Crippen LogP contribution in [0.25, 0.3) is 0 Å². The Bertz CT molecular complexity index is 590. The predicted molar refractivity (Wildman–Crippen MR) is 70.4 cm³/mol. The van der Waals surface area contributed by atoms with E-state index in [4.69, 9.17) is 9.84 Å². The summed E-state index contributed by atoms with van der Waals surface area (Å²) in [6.07, 6.45) is 1.36. The van der Waals surface area contributed by atoms with E-state index in [1.54, 1.807) is 4.68 Å². The number of aromatic nitrogens is 2. The molecule has 2 rings (SSSR count). The minimum atomic E-state index is -0.984. The third-order valence-electron chi connectivity index (χ3n) is 2.84. The van der Waals surface area contributed by atoms with Crippen LogP contribution in [0.2, 0.25) is 0 Å². The van der Waals surface area contributed by atoms with Crippen LogP contribution in [0.15, 0.2) is 30.5 Å². The van der Waals surface area contributed by atoms with Crippen molar-refractivity contribution in [3.63, 3.8) is 0 Å². The van der Waals surface area contributed by atoms with Gasteiger partial charge >= 0.3 is 5.97 Å². The molecule has 0 saturated heterocycles. The van der Waals surface area contributed by atoms with Gasteiger partial charge in [0, 0.05) is 6.54 Å². The van der Waals surface area contributed by atoms with Crippen LogP contribution in [0.4, 0.5) is 0 Å². The fourth-order valence-corrected chi connectivity index (χ4v) is 1.87. The molecule has 0 aliphatic carbocycles. The maximum Gasteiger partial charge on any atom is 0.339 e. The molecule has 1 heterocycles. The van der Waals surface area contributed by atoms with Crippen molar-refractivity contribution in [1.82, 2.24) is 9.78 Å². The smallest absolute Gasteiger partial charge is 0.339 e. The molecule has 1 N–H and O–H groups in total. The maximum absolute atomic E-state index is 11.1. The Morgan fingerprint density at radius 3 is 2.89 bits per heavy atom. The number of hydrogen-bond donors (Lipinski definition) is 1. The molecule has 0 atom stereocenters. The number of carbonyl (C=O) groups is 1. The van der Waals surface area contributed by atoms with Crippen molar-refractivity contribution >= 4 is 5.97 Å². The number of nitrogens with zero attached hydrogens (tertiary/aromatic N) is 2. The molecule has 0 unspecified atom stereocenters. The number of rotatable bonds is 5. The number of hydrogen-bond acceptors (Lipinski definition) is 3. The molecule has 5 heteroatoms. The lowest BCUT2D eigenvalue weighted by atomic mass is 10.2. The Morgan fingerprint density at radius 1 is 1.47 bits per heavy atom. The van der Waals surface area contributed by atoms with Gasteiger partial charge in [0.05, 0.1) is 11.9 Å². The van der Waals surface area contributed by atoms with Crippen molar-refractivity contribution in [2.24, 2.45) is 0 Å². The first-order chi connectivity index (χ1) is 9.11. The van der Waals surface area contributed by atoms with Gasteiger partial charge in [-0.1, -0.05) is 12.1 Å². The van der Waals surface area contributed by atoms with Gasteiger partial charge in [-0.05, 0) is 31.5 Å². The van der Waals surface area contributed by atoms with Gasteiger partial charge < -0.3 is 9.84 Å². The van der Waals surface area contributed by atoms with Crippen LogP contribution in [-0.2, 0) is 13.2 Å². The second-order valence-corrected chi connectivity index (χ2v) is 4.23. The third-order valence-corrected chi connectivity index (χ3v) is 2.84. The monoisotopic (exact) mass is 260 g/mol. The summed E-state index contributed by atoms with van der Waals surface area (Å²) in [4.78, 5) is 11.1. The normalized spacial score (nSPS) is 10.4. The minimum Gasteiger partial charge on any atom is -0.487 e. The second kappa shape index (κ2) is 5.56. The molecule has 0 saturated carbocycles. The van der Waals surface area contributed by atoms with Crippen LogP contribution >= 0.6 is 0 Å². The van der Waals surface area contributed by atoms with Gasteiger partial charge in [0.25, 0.3) is 0 Å². The summed E-state index contributed by atoms with van der Waals surface area (Å²) in [5.41, 5.74) is 1.87. The standard InChI is InChI=1S/C14H16N2O3/c1-3-16-13(12(8-15-16)14(17)18)9-19-11-6-4-5-10(2)7-11/h4-8H,3,9H2,1-2H3,(H,17,18). The highest BCUT2D eigenvalue weighted by molar-refractivity contribution is 5.88. The van der Waals surface area contributed by atoms with Crippen LogP contribution in [0.1, 0.15) is 28.5 Å². The number of ether oxygens (including phenoxy) is 1. The number of carboxylic acids is 1. The van der Waals surface area contributed by atoms with E-state index in [2.05, 4.69) is 5.10 Å². The van der Waals surface area contributed by atoms with E-state index in [9.17, 15) is 4.79 Å². The molecule has 0 spiro atoms. The van der Waals surface area contributed by atoms with Crippen LogP contribution in [-0.4, -0.2) is 20.9 Å². The topological polar surface area (TPSA) is 64.4 Å². The van der Waals surface area contributed by atoms with E-state index in [0.29, 0.717) is 12.2 Å². The highest BCUT2D eigenvalue weighted by Gasteiger charge is 2.16. The van der Waals surface area contributed by atoms with E-state index in [1.165, 1.54) is 6.20 Å². The number of carboxylic acid groups (broad SMARTS) is 1. The molecule has 0 aliphatic heterocycles. The summed E-state index contributed by atoms with van der Waals surface area (Å²) in [7, 11) is 0. The average Bonchev–Trinajstić information content (AvgIpc) is 2.79. The third kappa shape index (κ3) is 2.93. The van der Waals surface area contributed by atoms with Gasteiger partial charge in [-0.3, -0.25) is 4.68 Å². The minimum absolute atomic E-state index is 0.189. The number of aryl methyl sites for hydroxylation is 2. The molecule has 0 fully saturated rings. The Balaban J connectivity index is 2.19. The summed E-state index contributed by atoms with van der Waals surface area (Å²) < 4.78 is 7.28. The van der Waals surface area contributed by atoms with Gasteiger partial charge in [-0.25, -0.2) is 4.79 Å². The van der Waals surface area contributed by atoms with Crippen LogP contribution in [0, 0.1) is 6.92 Å². The molecule has 0 radical (unpaired) electrons. The largest absolute Gasteiger partial charge is 0.487 e. The summed E-state index contributed by atoms with van der Waals surface area (Å²) >= 11 is 0. The Labute approximate surface area is 111 Å². The summed E-state index contributed by atoms with van der Waals surface area (Å²) in [6, 6.07) is 7.64. The molecule has 2 aromatic rings. The lowest BCUT2D eigenvalue weighted by Crippen LogP contribution is -2.10. The number of aromatic carboxylic acids is 1. The molecular weight excluding hydrogens is 244 g/mol. The fraction of sp³-hybridized carbons (Fsp3) is 0.286. The molecule has 1 aromatic carbocycles. The second-order valence-electron chi connectivity index (χ2n) is 4.23. The lowest BCUT2D eigenvalue weighted by molar-refractivity contribution is 0.0693. The van der Waals surface area contributed by atoms with E-state index in [0.717, 1.165) is 11.3 Å². The summed E-state index contributed by atoms with van der Waals surface area (Å²) in [6.45, 7) is 4.69. The van der Waals surface area contributed by atoms with Gasteiger partial charge in [0.1, 0.15) is 17.9 Å². The van der Waals surface area contributed by atoms with Crippen molar-refractivity contribution in [3.05, 3.63) is 47.3 Å². The van der Waals surface area contributed by atoms with Gasteiger partial charge in [-0.2, -0.15) is 5.10 Å². The van der Waals surface area contributed by atoms with Crippen molar-refractivity contribution in [3.8, 4) is 5.75 Å². The highest BCUT2D eigenvalue weighted by Crippen LogP contribution is 2.16. The zero-order valence-corrected chi connectivity index (χ0v) is 11.0. The van der Waals surface area contributed by atoms with E-state index in [-0.39, 0.29) is 12.2 Å². The summed E-state index contributed by atoms with van der Waals surface area (Å²) in [5, 5.41) is 13.1. The first-order valence-electron chi connectivity index (χ1n) is 6.09. The predicted octanol–water partition coefficient (Wildman–Crippen LogP) is 2.49. The fourth-order valence-electron chi connectivity index (χ4n) is 1.87. The lowest BCUT2D eigenvalue weighted by Gasteiger charge is -2.09. The van der Waals surface area contributed by atoms with E-state index < -0.39 is 5.97 Å². The van der Waals surface area contributed by atoms with E-state index in [1.807, 2.05) is 38.1 Å². The van der Waals surface area contributed by atoms with Crippen molar-refractivity contribution in [1.29, 1.82) is 0 Å². The van der Waals surface area contributed by atoms with Crippen molar-refractivity contribution in [2.75, 3.05) is 0 Å². The Hall–Kier alpha value is -2.30. The van der Waals surface area contributed by atoms with Crippen molar-refractivity contribution < 1.29 is 14.6 Å². The molecule has 0 aliphatic rings. The quantitative estimate of drug-likeness (QED) is 0.897. The van der Waals surface area contributed by atoms with Crippen LogP contribution in [0.3, 0.4) is 0 Å². The summed E-state index contributed by atoms with van der Waals surface area (Å²) in [5.74, 6) is -0.261. The average molecular weight is 260 g/mol. The Kier molecular flexibility index (Phi) is 3.85. The maximum atomic E-state index is 11.1. The zero-order chi connectivity index (χ0) is 13.8. The van der Waals surface area contributed by atoms with Gasteiger partial charge in [-0.15, -0.1) is 0 Å². The highest BCUT2D eigenvalue weighted by atomic mass is 16.5. The van der Waals surface area contributed by atoms with Crippen molar-refractivity contribution in [2.45, 2.75) is 27.0 Å². The molecular formula is C14H16N2O3. The van der Waals surface area contributed by atoms with Gasteiger partial charge in [0.15, 0.2) is 0 Å². The molecule has 19 heavy (non-hydrogen) atoms. The van der Waals surface area contributed by atoms with Crippen LogP contribution < -0.4 is 4.74 Å². The molecule has 100 valence electrons. The van der Waals surface area contributed by atoms with Crippen LogP contribution in [0.5, 0.6) is 5.75 Å². The molecule has 0 bridgehead atoms. The number of benzene rings is 1. The molecule has 1 aromatic heterocycles. The first kappa shape index (κ1) is 13.1. The Morgan fingerprint density at radius 2 is 2.26 bits per heavy atom. The van der Waals surface area contributed by atoms with Gasteiger partial charge in [0.2, 0.25) is 0 Å². The SMILES string of the molecule is CCn1ncc(C(=O)O)c1COc1cccc(C)c1. The first-order valence-corrected chi connectivity index (χ1v) is 6.09. The molecule has 5 nitrogen and oxygen atoms in total. The van der Waals surface area contributed by atoms with E-state index >= 15 is 0 Å². The zero-order valence-electron chi connectivity index (χ0n) is 11.0. The molecule has 0 amide bonds.